The number of para-hydroxylation sites is 1. The number of rotatable bonds is 3. The second-order valence-corrected chi connectivity index (χ2v) is 4.58. The second kappa shape index (κ2) is 5.60. The van der Waals surface area contributed by atoms with E-state index in [0.29, 0.717) is 0 Å². The van der Waals surface area contributed by atoms with Crippen LogP contribution in [0.4, 0.5) is 25.8 Å². The van der Waals surface area contributed by atoms with Gasteiger partial charge in [0.1, 0.15) is 11.5 Å². The summed E-state index contributed by atoms with van der Waals surface area (Å²) in [6, 6.07) is 5.51. The zero-order chi connectivity index (χ0) is 14.9. The fraction of sp³-hybridized carbons (Fsp3) is 0. The van der Waals surface area contributed by atoms with Gasteiger partial charge in [-0.2, -0.15) is 4.39 Å². The third-order valence-electron chi connectivity index (χ3n) is 2.44. The molecule has 0 unspecified atom stereocenters. The predicted octanol–water partition coefficient (Wildman–Crippen LogP) is 4.92. The number of hydrogen-bond acceptors (Lipinski definition) is 3. The van der Waals surface area contributed by atoms with Crippen LogP contribution in [0.1, 0.15) is 0 Å². The molecule has 0 saturated heterocycles. The summed E-state index contributed by atoms with van der Waals surface area (Å²) in [4.78, 5) is 9.98. The number of anilines is 2. The smallest absolute Gasteiger partial charge is 0.327 e. The monoisotopic (exact) mass is 318 g/mol. The van der Waals surface area contributed by atoms with E-state index >= 15 is 0 Å². The summed E-state index contributed by atoms with van der Waals surface area (Å²) in [7, 11) is 0. The number of hydrogen-bond donors (Lipinski definition) is 1. The first-order valence-corrected chi connectivity index (χ1v) is 6.00. The van der Waals surface area contributed by atoms with Gasteiger partial charge >= 0.3 is 5.69 Å². The van der Waals surface area contributed by atoms with E-state index < -0.39 is 22.2 Å². The molecule has 2 aromatic carbocycles. The van der Waals surface area contributed by atoms with Crippen LogP contribution in [0.5, 0.6) is 0 Å². The quantitative estimate of drug-likeness (QED) is 0.645. The molecular formula is C12H6Cl2F2N2O2. The standard InChI is InChI=1S/C12H6Cl2F2N2O2/c13-7-4-6(15)5-8(14)11(7)17-10-3-1-2-9(16)12(10)18(19)20/h1-5,17H. The van der Waals surface area contributed by atoms with E-state index in [1.54, 1.807) is 0 Å². The van der Waals surface area contributed by atoms with E-state index in [-0.39, 0.29) is 21.4 Å². The van der Waals surface area contributed by atoms with Crippen molar-refractivity contribution in [1.29, 1.82) is 0 Å². The van der Waals surface area contributed by atoms with Crippen LogP contribution >= 0.6 is 23.2 Å². The Labute approximate surface area is 122 Å². The van der Waals surface area contributed by atoms with Crippen molar-refractivity contribution >= 4 is 40.3 Å². The molecule has 8 heteroatoms. The third kappa shape index (κ3) is 2.81. The molecule has 2 rings (SSSR count). The normalized spacial score (nSPS) is 10.4. The second-order valence-electron chi connectivity index (χ2n) is 3.76. The molecule has 2 aromatic rings. The van der Waals surface area contributed by atoms with Crippen LogP contribution in [-0.4, -0.2) is 4.92 Å². The molecule has 0 bridgehead atoms. The molecule has 0 aliphatic heterocycles. The van der Waals surface area contributed by atoms with Gasteiger partial charge in [0.05, 0.1) is 20.7 Å². The number of nitro benzene ring substituents is 1. The largest absolute Gasteiger partial charge is 0.347 e. The summed E-state index contributed by atoms with van der Waals surface area (Å²) in [5.74, 6) is -1.66. The number of nitrogens with zero attached hydrogens (tertiary/aromatic N) is 1. The molecule has 0 saturated carbocycles. The van der Waals surface area contributed by atoms with Gasteiger partial charge in [-0.25, -0.2) is 4.39 Å². The number of benzene rings is 2. The summed E-state index contributed by atoms with van der Waals surface area (Å²) in [6.45, 7) is 0. The number of nitro groups is 1. The molecular weight excluding hydrogens is 313 g/mol. The van der Waals surface area contributed by atoms with Crippen LogP contribution in [0.15, 0.2) is 30.3 Å². The molecule has 0 fully saturated rings. The first-order valence-electron chi connectivity index (χ1n) is 5.24. The van der Waals surface area contributed by atoms with Gasteiger partial charge in [-0.3, -0.25) is 10.1 Å². The van der Waals surface area contributed by atoms with Gasteiger partial charge in [-0.1, -0.05) is 29.3 Å². The Morgan fingerprint density at radius 1 is 1.15 bits per heavy atom. The maximum atomic E-state index is 13.5. The maximum absolute atomic E-state index is 13.5. The molecule has 0 spiro atoms. The first-order chi connectivity index (χ1) is 9.40. The highest BCUT2D eigenvalue weighted by molar-refractivity contribution is 6.39. The van der Waals surface area contributed by atoms with Gasteiger partial charge in [-0.05, 0) is 24.3 Å². The molecule has 0 aliphatic rings. The summed E-state index contributed by atoms with van der Waals surface area (Å²) in [5.41, 5.74) is -0.821. The van der Waals surface area contributed by atoms with E-state index in [9.17, 15) is 18.9 Å². The van der Waals surface area contributed by atoms with Crippen molar-refractivity contribution in [2.24, 2.45) is 0 Å². The van der Waals surface area contributed by atoms with Crippen molar-refractivity contribution in [3.63, 3.8) is 0 Å². The van der Waals surface area contributed by atoms with Crippen LogP contribution in [0.3, 0.4) is 0 Å². The van der Waals surface area contributed by atoms with Crippen LogP contribution in [0, 0.1) is 21.7 Å². The fourth-order valence-electron chi connectivity index (χ4n) is 1.60. The van der Waals surface area contributed by atoms with Crippen molar-refractivity contribution in [3.05, 3.63) is 62.1 Å². The molecule has 4 nitrogen and oxygen atoms in total. The van der Waals surface area contributed by atoms with Crippen molar-refractivity contribution in [3.8, 4) is 0 Å². The number of halogens is 4. The van der Waals surface area contributed by atoms with Gasteiger partial charge in [0.2, 0.25) is 5.82 Å². The fourth-order valence-corrected chi connectivity index (χ4v) is 2.15. The van der Waals surface area contributed by atoms with E-state index in [1.165, 1.54) is 12.1 Å². The van der Waals surface area contributed by atoms with E-state index in [1.807, 2.05) is 0 Å². The van der Waals surface area contributed by atoms with Gasteiger partial charge in [0.15, 0.2) is 0 Å². The molecule has 0 radical (unpaired) electrons. The Balaban J connectivity index is 2.51. The highest BCUT2D eigenvalue weighted by Crippen LogP contribution is 2.37. The zero-order valence-electron chi connectivity index (χ0n) is 9.66. The predicted molar refractivity (Wildman–Crippen MR) is 72.8 cm³/mol. The molecule has 0 atom stereocenters. The summed E-state index contributed by atoms with van der Waals surface area (Å²) >= 11 is 11.6. The molecule has 0 aliphatic carbocycles. The lowest BCUT2D eigenvalue weighted by atomic mass is 10.2. The lowest BCUT2D eigenvalue weighted by molar-refractivity contribution is -0.386. The molecule has 0 heterocycles. The molecule has 0 aromatic heterocycles. The third-order valence-corrected chi connectivity index (χ3v) is 3.03. The molecule has 104 valence electrons. The maximum Gasteiger partial charge on any atom is 0.327 e. The summed E-state index contributed by atoms with van der Waals surface area (Å²) in [5, 5.41) is 13.3. The van der Waals surface area contributed by atoms with Gasteiger partial charge in [0.25, 0.3) is 0 Å². The minimum atomic E-state index is -1.01. The average molecular weight is 319 g/mol. The molecule has 1 N–H and O–H groups in total. The highest BCUT2D eigenvalue weighted by atomic mass is 35.5. The van der Waals surface area contributed by atoms with Gasteiger partial charge in [0, 0.05) is 0 Å². The van der Waals surface area contributed by atoms with Crippen molar-refractivity contribution in [2.45, 2.75) is 0 Å². The van der Waals surface area contributed by atoms with Crippen LogP contribution in [-0.2, 0) is 0 Å². The Kier molecular flexibility index (Phi) is 4.06. The zero-order valence-corrected chi connectivity index (χ0v) is 11.2. The summed E-state index contributed by atoms with van der Waals surface area (Å²) < 4.78 is 26.5. The Morgan fingerprint density at radius 2 is 1.75 bits per heavy atom. The topological polar surface area (TPSA) is 55.2 Å². The van der Waals surface area contributed by atoms with Gasteiger partial charge in [-0.15, -0.1) is 0 Å². The average Bonchev–Trinajstić information content (AvgIpc) is 2.33. The van der Waals surface area contributed by atoms with Crippen LogP contribution in [0.2, 0.25) is 10.0 Å². The Hall–Kier alpha value is -1.92. The Bertz CT molecular complexity index is 672. The van der Waals surface area contributed by atoms with Crippen LogP contribution in [0.25, 0.3) is 0 Å². The van der Waals surface area contributed by atoms with E-state index in [2.05, 4.69) is 5.32 Å². The lowest BCUT2D eigenvalue weighted by Gasteiger charge is -2.11. The van der Waals surface area contributed by atoms with Gasteiger partial charge < -0.3 is 5.32 Å². The molecule has 0 amide bonds. The van der Waals surface area contributed by atoms with Crippen molar-refractivity contribution in [1.82, 2.24) is 0 Å². The minimum absolute atomic E-state index is 0.0587. The summed E-state index contributed by atoms with van der Waals surface area (Å²) in [6.07, 6.45) is 0. The molecule has 20 heavy (non-hydrogen) atoms. The van der Waals surface area contributed by atoms with Crippen molar-refractivity contribution in [2.75, 3.05) is 5.32 Å². The van der Waals surface area contributed by atoms with Crippen molar-refractivity contribution < 1.29 is 13.7 Å². The first kappa shape index (κ1) is 14.5. The van der Waals surface area contributed by atoms with E-state index in [4.69, 9.17) is 23.2 Å². The number of nitrogens with one attached hydrogen (secondary N) is 1. The van der Waals surface area contributed by atoms with Crippen LogP contribution < -0.4 is 5.32 Å². The SMILES string of the molecule is O=[N+]([O-])c1c(F)cccc1Nc1c(Cl)cc(F)cc1Cl. The lowest BCUT2D eigenvalue weighted by Crippen LogP contribution is -2.00. The Morgan fingerprint density at radius 3 is 2.30 bits per heavy atom. The highest BCUT2D eigenvalue weighted by Gasteiger charge is 2.21. The minimum Gasteiger partial charge on any atom is -0.347 e. The van der Waals surface area contributed by atoms with E-state index in [0.717, 1.165) is 18.2 Å².